The summed E-state index contributed by atoms with van der Waals surface area (Å²) in [7, 11) is -3.23. The minimum Gasteiger partial charge on any atom is -0.492 e. The maximum absolute atomic E-state index is 12.2. The van der Waals surface area contributed by atoms with E-state index in [4.69, 9.17) is 9.47 Å². The highest BCUT2D eigenvalue weighted by molar-refractivity contribution is 7.88. The first-order valence-electron chi connectivity index (χ1n) is 11.5. The Morgan fingerprint density at radius 3 is 2.48 bits per heavy atom. The predicted molar refractivity (Wildman–Crippen MR) is 127 cm³/mol. The van der Waals surface area contributed by atoms with Crippen LogP contribution in [0.4, 0.5) is 4.79 Å². The number of benzene rings is 2. The van der Waals surface area contributed by atoms with Crippen molar-refractivity contribution in [2.24, 2.45) is 0 Å². The third kappa shape index (κ3) is 5.68. The fourth-order valence-corrected chi connectivity index (χ4v) is 5.72. The summed E-state index contributed by atoms with van der Waals surface area (Å²) >= 11 is 0. The smallest absolute Gasteiger partial charge is 0.409 e. The lowest BCUT2D eigenvalue weighted by Crippen LogP contribution is -2.62. The summed E-state index contributed by atoms with van der Waals surface area (Å²) in [5.74, 6) is 0.707. The number of sulfonamides is 1. The second-order valence-electron chi connectivity index (χ2n) is 8.98. The van der Waals surface area contributed by atoms with Gasteiger partial charge in [-0.05, 0) is 49.4 Å². The molecule has 33 heavy (non-hydrogen) atoms. The number of hydrogen-bond acceptors (Lipinski definition) is 5. The SMILES string of the molecule is CCOC(=O)N1CC(Cc2ccccc2)(c2cccc(OCCN(C3CC3)S(C)(=O)=O)c2)C1. The summed E-state index contributed by atoms with van der Waals surface area (Å²) in [4.78, 5) is 14.0. The Morgan fingerprint density at radius 1 is 1.12 bits per heavy atom. The van der Waals surface area contributed by atoms with Gasteiger partial charge >= 0.3 is 6.09 Å². The Bertz CT molecular complexity index is 1060. The van der Waals surface area contributed by atoms with E-state index in [1.54, 1.807) is 4.90 Å². The van der Waals surface area contributed by atoms with Crippen molar-refractivity contribution >= 4 is 16.1 Å². The van der Waals surface area contributed by atoms with Crippen LogP contribution in [0.5, 0.6) is 5.75 Å². The molecular formula is C25H32N2O5S. The van der Waals surface area contributed by atoms with Gasteiger partial charge in [-0.2, -0.15) is 4.31 Å². The molecule has 0 bridgehead atoms. The summed E-state index contributed by atoms with van der Waals surface area (Å²) in [6.07, 6.45) is 3.61. The second-order valence-corrected chi connectivity index (χ2v) is 10.9. The Labute approximate surface area is 196 Å². The van der Waals surface area contributed by atoms with Gasteiger partial charge in [0, 0.05) is 31.1 Å². The highest BCUT2D eigenvalue weighted by atomic mass is 32.2. The molecule has 2 aliphatic rings. The highest BCUT2D eigenvalue weighted by Crippen LogP contribution is 2.39. The number of carbonyl (C=O) groups excluding carboxylic acids is 1. The Morgan fingerprint density at radius 2 is 1.85 bits per heavy atom. The van der Waals surface area contributed by atoms with Gasteiger partial charge in [-0.25, -0.2) is 13.2 Å². The van der Waals surface area contributed by atoms with Crippen LogP contribution in [0.1, 0.15) is 30.9 Å². The average Bonchev–Trinajstić information content (AvgIpc) is 3.58. The Hall–Kier alpha value is -2.58. The molecule has 1 heterocycles. The van der Waals surface area contributed by atoms with E-state index in [-0.39, 0.29) is 17.6 Å². The van der Waals surface area contributed by atoms with Crippen LogP contribution in [0.15, 0.2) is 54.6 Å². The summed E-state index contributed by atoms with van der Waals surface area (Å²) in [6, 6.07) is 18.3. The highest BCUT2D eigenvalue weighted by Gasteiger charge is 2.47. The van der Waals surface area contributed by atoms with Gasteiger partial charge in [0.05, 0.1) is 12.9 Å². The fourth-order valence-electron chi connectivity index (χ4n) is 4.56. The molecule has 1 saturated carbocycles. The molecule has 0 radical (unpaired) electrons. The third-order valence-corrected chi connectivity index (χ3v) is 7.64. The van der Waals surface area contributed by atoms with E-state index in [2.05, 4.69) is 18.2 Å². The fraction of sp³-hybridized carbons (Fsp3) is 0.480. The van der Waals surface area contributed by atoms with Crippen molar-refractivity contribution in [3.05, 3.63) is 65.7 Å². The van der Waals surface area contributed by atoms with Crippen molar-refractivity contribution < 1.29 is 22.7 Å². The minimum atomic E-state index is -3.23. The topological polar surface area (TPSA) is 76.2 Å². The number of hydrogen-bond donors (Lipinski definition) is 0. The molecule has 0 aromatic heterocycles. The number of carbonyl (C=O) groups is 1. The minimum absolute atomic E-state index is 0.118. The van der Waals surface area contributed by atoms with E-state index >= 15 is 0 Å². The quantitative estimate of drug-likeness (QED) is 0.530. The van der Waals surface area contributed by atoms with E-state index in [0.717, 1.165) is 24.8 Å². The number of rotatable bonds is 10. The van der Waals surface area contributed by atoms with Gasteiger partial charge in [0.25, 0.3) is 0 Å². The monoisotopic (exact) mass is 472 g/mol. The van der Waals surface area contributed by atoms with Crippen molar-refractivity contribution in [3.63, 3.8) is 0 Å². The lowest BCUT2D eigenvalue weighted by molar-refractivity contribution is 0.0391. The first-order valence-corrected chi connectivity index (χ1v) is 13.3. The van der Waals surface area contributed by atoms with E-state index < -0.39 is 10.0 Å². The number of likely N-dealkylation sites (tertiary alicyclic amines) is 1. The normalized spacial score (nSPS) is 17.5. The van der Waals surface area contributed by atoms with Crippen molar-refractivity contribution in [1.29, 1.82) is 0 Å². The molecule has 178 valence electrons. The second kappa shape index (κ2) is 9.73. The molecule has 1 aliphatic heterocycles. The molecule has 1 saturated heterocycles. The van der Waals surface area contributed by atoms with Crippen LogP contribution in [0, 0.1) is 0 Å². The zero-order chi connectivity index (χ0) is 23.5. The van der Waals surface area contributed by atoms with Crippen LogP contribution in [0.25, 0.3) is 0 Å². The van der Waals surface area contributed by atoms with E-state index in [0.29, 0.717) is 38.6 Å². The summed E-state index contributed by atoms with van der Waals surface area (Å²) in [6.45, 7) is 3.97. The van der Waals surface area contributed by atoms with E-state index in [1.165, 1.54) is 16.1 Å². The molecule has 0 spiro atoms. The lowest BCUT2D eigenvalue weighted by atomic mass is 9.69. The third-order valence-electron chi connectivity index (χ3n) is 6.31. The van der Waals surface area contributed by atoms with Crippen molar-refractivity contribution in [3.8, 4) is 5.75 Å². The molecule has 2 fully saturated rings. The molecule has 0 N–H and O–H groups in total. The van der Waals surface area contributed by atoms with Crippen molar-refractivity contribution in [1.82, 2.24) is 9.21 Å². The summed E-state index contributed by atoms with van der Waals surface area (Å²) in [5, 5.41) is 0. The van der Waals surface area contributed by atoms with Gasteiger partial charge < -0.3 is 14.4 Å². The zero-order valence-electron chi connectivity index (χ0n) is 19.3. The largest absolute Gasteiger partial charge is 0.492 e. The lowest BCUT2D eigenvalue weighted by Gasteiger charge is -2.50. The van der Waals surface area contributed by atoms with Gasteiger partial charge in [-0.15, -0.1) is 0 Å². The van der Waals surface area contributed by atoms with Gasteiger partial charge in [0.15, 0.2) is 0 Å². The summed E-state index contributed by atoms with van der Waals surface area (Å²) < 4.78 is 36.7. The zero-order valence-corrected chi connectivity index (χ0v) is 20.1. The van der Waals surface area contributed by atoms with Crippen LogP contribution >= 0.6 is 0 Å². The first kappa shape index (κ1) is 23.6. The van der Waals surface area contributed by atoms with Gasteiger partial charge in [0.1, 0.15) is 12.4 Å². The molecule has 8 heteroatoms. The van der Waals surface area contributed by atoms with Crippen molar-refractivity contribution in [2.45, 2.75) is 37.6 Å². The van der Waals surface area contributed by atoms with Gasteiger partial charge in [0.2, 0.25) is 10.0 Å². The maximum atomic E-state index is 12.2. The standard InChI is InChI=1S/C25H32N2O5S/c1-3-31-24(28)26-18-25(19-26,17-20-8-5-4-6-9-20)21-10-7-11-23(16-21)32-15-14-27(22-12-13-22)33(2,29)30/h4-11,16,22H,3,12-15,17-19H2,1-2H3. The number of ether oxygens (including phenoxy) is 2. The summed E-state index contributed by atoms with van der Waals surface area (Å²) in [5.41, 5.74) is 2.09. The molecule has 0 atom stereocenters. The molecule has 4 rings (SSSR count). The maximum Gasteiger partial charge on any atom is 0.409 e. The Kier molecular flexibility index (Phi) is 6.95. The van der Waals surface area contributed by atoms with Crippen LogP contribution in [0.3, 0.4) is 0 Å². The molecule has 2 aromatic rings. The van der Waals surface area contributed by atoms with Crippen LogP contribution in [-0.4, -0.2) is 68.9 Å². The molecule has 2 aromatic carbocycles. The Balaban J connectivity index is 1.47. The molecule has 7 nitrogen and oxygen atoms in total. The molecule has 1 aliphatic carbocycles. The number of nitrogens with zero attached hydrogens (tertiary/aromatic N) is 2. The van der Waals surface area contributed by atoms with E-state index in [1.807, 2.05) is 43.3 Å². The molecule has 0 unspecified atom stereocenters. The van der Waals surface area contributed by atoms with Gasteiger partial charge in [-0.3, -0.25) is 0 Å². The molecule has 1 amide bonds. The van der Waals surface area contributed by atoms with Crippen LogP contribution in [-0.2, 0) is 26.6 Å². The number of amides is 1. The van der Waals surface area contributed by atoms with E-state index in [9.17, 15) is 13.2 Å². The molecular weight excluding hydrogens is 440 g/mol. The van der Waals surface area contributed by atoms with Gasteiger partial charge in [-0.1, -0.05) is 42.5 Å². The van der Waals surface area contributed by atoms with Crippen LogP contribution in [0.2, 0.25) is 0 Å². The van der Waals surface area contributed by atoms with Crippen LogP contribution < -0.4 is 4.74 Å². The average molecular weight is 473 g/mol. The predicted octanol–water partition coefficient (Wildman–Crippen LogP) is 3.44. The first-order chi connectivity index (χ1) is 15.8. The van der Waals surface area contributed by atoms with Crippen molar-refractivity contribution in [2.75, 3.05) is 39.1 Å².